The van der Waals surface area contributed by atoms with Crippen molar-refractivity contribution in [2.45, 2.75) is 135 Å². The standard InChI is InChI=1S/C30H59N5O13.4C2HF3O2/c1-37-13-18-22(39-3)19(34)24(41-5)29(46-18)48-21-15(35-28(36)16(38-2)9-10-31)11-14(33)20(25(21)42-6)47-30-27(44-8)26(43-7)23(40-4)17(12-32)45-30;4*3-2(4,5)1(6)7/h14-27,29-30H,9-13,31-34H2,1-8H3,(H,35,36);4*(H,6,7)/t14-,15+,16?,17-,18-,19+,20+,21-,22-,23-,24-,25-,26+,27-,29-,30-;;;;/m1..../s1. The van der Waals surface area contributed by atoms with Gasteiger partial charge in [0.15, 0.2) is 12.6 Å². The Morgan fingerprint density at radius 3 is 1.22 bits per heavy atom. The van der Waals surface area contributed by atoms with Crippen LogP contribution in [-0.4, -0.2) is 249 Å². The third-order valence-corrected chi connectivity index (χ3v) is 10.4. The van der Waals surface area contributed by atoms with Crippen LogP contribution in [0.2, 0.25) is 0 Å². The molecule has 2 saturated heterocycles. The maximum Gasteiger partial charge on any atom is 0.490 e. The van der Waals surface area contributed by atoms with Crippen LogP contribution in [0.3, 0.4) is 0 Å². The Morgan fingerprint density at radius 1 is 0.539 bits per heavy atom. The van der Waals surface area contributed by atoms with Crippen molar-refractivity contribution in [2.75, 3.05) is 76.6 Å². The van der Waals surface area contributed by atoms with E-state index in [1.54, 1.807) is 21.3 Å². The summed E-state index contributed by atoms with van der Waals surface area (Å²) in [5.74, 6) is -11.4. The van der Waals surface area contributed by atoms with Gasteiger partial charge in [-0.1, -0.05) is 0 Å². The van der Waals surface area contributed by atoms with E-state index < -0.39 is 152 Å². The number of nitrogens with two attached hydrogens (primary N) is 4. The third kappa shape index (κ3) is 23.9. The Hall–Kier alpha value is -4.13. The first kappa shape index (κ1) is 73.9. The van der Waals surface area contributed by atoms with Gasteiger partial charge in [0.05, 0.1) is 18.7 Å². The number of ether oxygens (including phenoxy) is 12. The Balaban J connectivity index is 0. The minimum atomic E-state index is -5.08. The van der Waals surface area contributed by atoms with E-state index in [1.807, 2.05) is 0 Å². The molecule has 450 valence electrons. The number of hydrogen-bond acceptors (Lipinski definition) is 21. The maximum atomic E-state index is 13.4. The smallest absolute Gasteiger partial charge is 0.475 e. The number of halogens is 12. The molecule has 1 saturated carbocycles. The van der Waals surface area contributed by atoms with Crippen molar-refractivity contribution in [3.05, 3.63) is 0 Å². The van der Waals surface area contributed by atoms with Gasteiger partial charge in [0.1, 0.15) is 67.1 Å². The average Bonchev–Trinajstić information content (AvgIpc) is 3.31. The Labute approximate surface area is 423 Å². The molecule has 38 heteroatoms. The van der Waals surface area contributed by atoms with Gasteiger partial charge >= 0.3 is 48.6 Å². The quantitative estimate of drug-likeness (QED) is 0.0769. The van der Waals surface area contributed by atoms with E-state index in [0.717, 1.165) is 0 Å². The molecule has 13 N–H and O–H groups in total. The number of carboxylic acid groups (broad SMARTS) is 4. The molecule has 1 unspecified atom stereocenters. The van der Waals surface area contributed by atoms with Crippen LogP contribution >= 0.6 is 0 Å². The molecule has 76 heavy (non-hydrogen) atoms. The number of hydrogen-bond donors (Lipinski definition) is 9. The number of aliphatic carboxylic acids is 4. The number of carbonyl (C=O) groups excluding carboxylic acids is 1. The van der Waals surface area contributed by atoms with Crippen molar-refractivity contribution in [3.8, 4) is 0 Å². The van der Waals surface area contributed by atoms with Gasteiger partial charge in [-0.05, 0) is 19.4 Å². The van der Waals surface area contributed by atoms with Crippen molar-refractivity contribution >= 4 is 29.8 Å². The zero-order valence-electron chi connectivity index (χ0n) is 41.3. The molecule has 2 heterocycles. The first-order valence-corrected chi connectivity index (χ1v) is 21.1. The zero-order chi connectivity index (χ0) is 59.9. The van der Waals surface area contributed by atoms with Crippen LogP contribution in [0.5, 0.6) is 0 Å². The van der Waals surface area contributed by atoms with E-state index in [0.29, 0.717) is 6.42 Å². The molecule has 0 aromatic carbocycles. The highest BCUT2D eigenvalue weighted by atomic mass is 19.4. The normalized spacial score (nSPS) is 30.2. The predicted molar refractivity (Wildman–Crippen MR) is 225 cm³/mol. The van der Waals surface area contributed by atoms with Gasteiger partial charge in [0, 0.05) is 69.5 Å². The second-order valence-electron chi connectivity index (χ2n) is 15.3. The summed E-state index contributed by atoms with van der Waals surface area (Å²) in [5.41, 5.74) is 25.2. The third-order valence-electron chi connectivity index (χ3n) is 10.4. The molecule has 0 radical (unpaired) electrons. The van der Waals surface area contributed by atoms with Gasteiger partial charge in [0.25, 0.3) is 0 Å². The summed E-state index contributed by atoms with van der Waals surface area (Å²) >= 11 is 0. The molecule has 26 nitrogen and oxygen atoms in total. The second kappa shape index (κ2) is 34.0. The van der Waals surface area contributed by atoms with Gasteiger partial charge in [-0.2, -0.15) is 52.7 Å². The molecule has 0 aromatic rings. The van der Waals surface area contributed by atoms with E-state index in [4.69, 9.17) is 119 Å². The number of methoxy groups -OCH3 is 8. The highest BCUT2D eigenvalue weighted by molar-refractivity contribution is 5.81. The topological polar surface area (TPSA) is 393 Å². The summed E-state index contributed by atoms with van der Waals surface area (Å²) in [7, 11) is 12.1. The van der Waals surface area contributed by atoms with Crippen molar-refractivity contribution in [2.24, 2.45) is 22.9 Å². The molecule has 1 amide bonds. The van der Waals surface area contributed by atoms with Gasteiger partial charge in [-0.25, -0.2) is 19.2 Å². The van der Waals surface area contributed by atoms with Crippen LogP contribution in [0.25, 0.3) is 0 Å². The van der Waals surface area contributed by atoms with E-state index in [9.17, 15) is 57.5 Å². The summed E-state index contributed by atoms with van der Waals surface area (Å²) in [5, 5.41) is 31.5. The van der Waals surface area contributed by atoms with Gasteiger partial charge in [0.2, 0.25) is 5.91 Å². The fourth-order valence-electron chi connectivity index (χ4n) is 6.98. The Morgan fingerprint density at radius 2 is 0.895 bits per heavy atom. The van der Waals surface area contributed by atoms with Crippen LogP contribution in [0.4, 0.5) is 52.7 Å². The minimum Gasteiger partial charge on any atom is -0.475 e. The maximum absolute atomic E-state index is 13.4. The largest absolute Gasteiger partial charge is 0.490 e. The Bertz CT molecular complexity index is 1630. The number of amides is 1. The highest BCUT2D eigenvalue weighted by Crippen LogP contribution is 2.35. The highest BCUT2D eigenvalue weighted by Gasteiger charge is 2.55. The first-order valence-electron chi connectivity index (χ1n) is 21.1. The summed E-state index contributed by atoms with van der Waals surface area (Å²) in [6, 6.07) is -2.03. The number of carboxylic acids is 4. The lowest BCUT2D eigenvalue weighted by Gasteiger charge is -2.51. The molecule has 0 aromatic heterocycles. The molecular weight excluding hydrogens is 1090 g/mol. The molecular formula is C38H63F12N5O21. The monoisotopic (exact) mass is 1150 g/mol. The van der Waals surface area contributed by atoms with Crippen LogP contribution < -0.4 is 28.3 Å². The van der Waals surface area contributed by atoms with Crippen molar-refractivity contribution in [1.29, 1.82) is 0 Å². The molecule has 3 fully saturated rings. The van der Waals surface area contributed by atoms with Gasteiger partial charge in [-0.15, -0.1) is 0 Å². The molecule has 2 aliphatic heterocycles. The molecule has 16 atom stereocenters. The van der Waals surface area contributed by atoms with Gasteiger partial charge in [-0.3, -0.25) is 4.79 Å². The minimum absolute atomic E-state index is 0.130. The van der Waals surface area contributed by atoms with E-state index >= 15 is 0 Å². The number of rotatable bonds is 18. The summed E-state index contributed by atoms with van der Waals surface area (Å²) in [6.45, 7) is 0.552. The lowest BCUT2D eigenvalue weighted by atomic mass is 9.83. The number of carbonyl (C=O) groups is 5. The van der Waals surface area contributed by atoms with Crippen LogP contribution in [0, 0.1) is 0 Å². The van der Waals surface area contributed by atoms with Crippen LogP contribution in [0.1, 0.15) is 12.8 Å². The van der Waals surface area contributed by atoms with E-state index in [2.05, 4.69) is 5.32 Å². The fraction of sp³-hybridized carbons (Fsp3) is 0.868. The van der Waals surface area contributed by atoms with Crippen molar-refractivity contribution in [3.63, 3.8) is 0 Å². The molecule has 0 bridgehead atoms. The van der Waals surface area contributed by atoms with E-state index in [-0.39, 0.29) is 26.1 Å². The van der Waals surface area contributed by atoms with Crippen molar-refractivity contribution in [1.82, 2.24) is 5.32 Å². The Kier molecular flexibility index (Phi) is 33.1. The lowest BCUT2D eigenvalue weighted by Crippen LogP contribution is -2.70. The fourth-order valence-corrected chi connectivity index (χ4v) is 6.98. The average molecular weight is 1150 g/mol. The molecule has 0 spiro atoms. The van der Waals surface area contributed by atoms with Crippen LogP contribution in [0.15, 0.2) is 0 Å². The molecule has 3 rings (SSSR count). The van der Waals surface area contributed by atoms with Crippen molar-refractivity contribution < 1.29 is 154 Å². The number of alkyl halides is 12. The second-order valence-corrected chi connectivity index (χ2v) is 15.3. The first-order chi connectivity index (χ1) is 34.9. The number of nitrogens with one attached hydrogen (secondary N) is 1. The molecule has 1 aliphatic carbocycles. The summed E-state index contributed by atoms with van der Waals surface area (Å²) in [4.78, 5) is 49.0. The predicted octanol–water partition coefficient (Wildman–Crippen LogP) is -0.658. The van der Waals surface area contributed by atoms with Crippen LogP contribution in [-0.2, 0) is 80.8 Å². The van der Waals surface area contributed by atoms with Gasteiger partial charge < -0.3 is 106 Å². The van der Waals surface area contributed by atoms with E-state index in [1.165, 1.54) is 35.5 Å². The summed E-state index contributed by atoms with van der Waals surface area (Å²) in [6.07, 6.45) is -29.6. The lowest BCUT2D eigenvalue weighted by molar-refractivity contribution is -0.340. The molecule has 3 aliphatic rings. The SMILES string of the molecule is COC[C@H]1O[C@H](O[C@H]2[C@H](OC)[C@@H](O[C@H]3O[C@H](CN)[C@@H](OC)[C@H](OC)[C@H]3OC)[C@H](N)C[C@@H]2NC(=O)C(CCN)OC)[C@H](OC)[C@@H](N)[C@@H]1OC.O=C(O)C(F)(F)F.O=C(O)C(F)(F)F.O=C(O)C(F)(F)F.O=C(O)C(F)(F)F. The summed E-state index contributed by atoms with van der Waals surface area (Å²) < 4.78 is 198. The zero-order valence-corrected chi connectivity index (χ0v) is 41.3.